The Morgan fingerprint density at radius 3 is 3.10 bits per heavy atom. The summed E-state index contributed by atoms with van der Waals surface area (Å²) in [5, 5.41) is 3.97. The van der Waals surface area contributed by atoms with Crippen molar-refractivity contribution in [2.75, 3.05) is 6.61 Å². The molecule has 1 aromatic heterocycles. The van der Waals surface area contributed by atoms with Crippen LogP contribution in [0.1, 0.15) is 6.92 Å². The lowest BCUT2D eigenvalue weighted by Gasteiger charge is -2.02. The molecule has 4 nitrogen and oxygen atoms in total. The number of hydrogen-bond acceptors (Lipinski definition) is 3. The van der Waals surface area contributed by atoms with Crippen molar-refractivity contribution in [2.45, 2.75) is 19.1 Å². The molecule has 1 unspecified atom stereocenters. The van der Waals surface area contributed by atoms with Crippen molar-refractivity contribution < 1.29 is 4.74 Å². The third-order valence-corrected chi connectivity index (χ3v) is 1.60. The minimum atomic E-state index is 0.0354. The van der Waals surface area contributed by atoms with Gasteiger partial charge in [0.15, 0.2) is 0 Å². The van der Waals surface area contributed by atoms with Crippen molar-refractivity contribution in [1.82, 2.24) is 14.8 Å². The summed E-state index contributed by atoms with van der Waals surface area (Å²) >= 11 is 0. The van der Waals surface area contributed by atoms with Crippen LogP contribution in [0.4, 0.5) is 0 Å². The Labute approximate surface area is 58.8 Å². The summed E-state index contributed by atoms with van der Waals surface area (Å²) in [5.41, 5.74) is 0.0354. The zero-order chi connectivity index (χ0) is 7.03. The highest BCUT2D eigenvalue weighted by molar-refractivity contribution is 4.86. The lowest BCUT2D eigenvalue weighted by molar-refractivity contribution is 0.285. The standard InChI is InChI=1S/C6H9N3O/c1-6(3-10-6)2-9-5-7-4-8-9/h4-5H,2-3H2,1H3. The number of rotatable bonds is 2. The molecule has 1 atom stereocenters. The fourth-order valence-corrected chi connectivity index (χ4v) is 0.872. The maximum atomic E-state index is 5.18. The monoisotopic (exact) mass is 139 g/mol. The van der Waals surface area contributed by atoms with Gasteiger partial charge in [0.05, 0.1) is 13.2 Å². The second-order valence-corrected chi connectivity index (χ2v) is 2.83. The molecule has 10 heavy (non-hydrogen) atoms. The SMILES string of the molecule is CC1(Cn2cncn2)CO1. The highest BCUT2D eigenvalue weighted by Gasteiger charge is 2.39. The highest BCUT2D eigenvalue weighted by Crippen LogP contribution is 2.26. The fourth-order valence-electron chi connectivity index (χ4n) is 0.872. The molecule has 0 amide bonds. The Morgan fingerprint density at radius 2 is 2.60 bits per heavy atom. The largest absolute Gasteiger partial charge is 0.368 e. The van der Waals surface area contributed by atoms with Crippen LogP contribution < -0.4 is 0 Å². The Kier molecular flexibility index (Phi) is 1.05. The smallest absolute Gasteiger partial charge is 0.137 e. The Balaban J connectivity index is 2.04. The topological polar surface area (TPSA) is 43.2 Å². The van der Waals surface area contributed by atoms with Crippen LogP contribution in [0.2, 0.25) is 0 Å². The van der Waals surface area contributed by atoms with Crippen LogP contribution >= 0.6 is 0 Å². The van der Waals surface area contributed by atoms with E-state index in [0.717, 1.165) is 13.2 Å². The molecule has 1 aromatic rings. The van der Waals surface area contributed by atoms with Crippen LogP contribution in [0, 0.1) is 0 Å². The van der Waals surface area contributed by atoms with Crippen molar-refractivity contribution in [2.24, 2.45) is 0 Å². The number of ether oxygens (including phenoxy) is 1. The van der Waals surface area contributed by atoms with Crippen molar-refractivity contribution in [1.29, 1.82) is 0 Å². The second-order valence-electron chi connectivity index (χ2n) is 2.83. The minimum Gasteiger partial charge on any atom is -0.368 e. The fraction of sp³-hybridized carbons (Fsp3) is 0.667. The predicted molar refractivity (Wildman–Crippen MR) is 34.4 cm³/mol. The molecule has 54 valence electrons. The molecular weight excluding hydrogens is 130 g/mol. The summed E-state index contributed by atoms with van der Waals surface area (Å²) in [6, 6.07) is 0. The van der Waals surface area contributed by atoms with Crippen molar-refractivity contribution in [3.63, 3.8) is 0 Å². The number of epoxide rings is 1. The molecule has 0 aromatic carbocycles. The molecule has 4 heteroatoms. The summed E-state index contributed by atoms with van der Waals surface area (Å²) in [6.07, 6.45) is 3.23. The molecule has 2 rings (SSSR count). The molecule has 0 spiro atoms. The molecule has 0 N–H and O–H groups in total. The van der Waals surface area contributed by atoms with Crippen LogP contribution in [-0.4, -0.2) is 27.0 Å². The molecule has 0 saturated carbocycles. The van der Waals surface area contributed by atoms with Gasteiger partial charge < -0.3 is 4.74 Å². The number of nitrogens with zero attached hydrogens (tertiary/aromatic N) is 3. The zero-order valence-corrected chi connectivity index (χ0v) is 5.82. The Hall–Kier alpha value is -0.900. The second kappa shape index (κ2) is 1.79. The third kappa shape index (κ3) is 1.02. The number of hydrogen-bond donors (Lipinski definition) is 0. The van der Waals surface area contributed by atoms with E-state index in [9.17, 15) is 0 Å². The first kappa shape index (κ1) is 5.85. The summed E-state index contributed by atoms with van der Waals surface area (Å²) < 4.78 is 6.97. The predicted octanol–water partition coefficient (Wildman–Crippen LogP) is 0.0670. The van der Waals surface area contributed by atoms with E-state index in [1.54, 1.807) is 11.0 Å². The molecular formula is C6H9N3O. The normalized spacial score (nSPS) is 30.5. The lowest BCUT2D eigenvalue weighted by Crippen LogP contribution is -2.15. The van der Waals surface area contributed by atoms with Gasteiger partial charge in [-0.05, 0) is 6.92 Å². The number of aromatic nitrogens is 3. The van der Waals surface area contributed by atoms with Gasteiger partial charge in [-0.3, -0.25) is 0 Å². The molecule has 0 bridgehead atoms. The minimum absolute atomic E-state index is 0.0354. The van der Waals surface area contributed by atoms with E-state index in [-0.39, 0.29) is 5.60 Å². The van der Waals surface area contributed by atoms with Gasteiger partial charge in [0.2, 0.25) is 0 Å². The molecule has 0 aliphatic carbocycles. The van der Waals surface area contributed by atoms with E-state index in [1.165, 1.54) is 6.33 Å². The molecule has 1 saturated heterocycles. The van der Waals surface area contributed by atoms with Gasteiger partial charge in [0.1, 0.15) is 18.3 Å². The Bertz CT molecular complexity index is 215. The summed E-state index contributed by atoms with van der Waals surface area (Å²) in [4.78, 5) is 3.83. The van der Waals surface area contributed by atoms with Crippen LogP contribution in [-0.2, 0) is 11.3 Å². The molecule has 1 aliphatic rings. The molecule has 1 fully saturated rings. The van der Waals surface area contributed by atoms with E-state index in [4.69, 9.17) is 4.74 Å². The Morgan fingerprint density at radius 1 is 1.80 bits per heavy atom. The van der Waals surface area contributed by atoms with Crippen molar-refractivity contribution in [3.8, 4) is 0 Å². The van der Waals surface area contributed by atoms with Gasteiger partial charge in [-0.1, -0.05) is 0 Å². The first-order valence-electron chi connectivity index (χ1n) is 3.25. The first-order chi connectivity index (χ1) is 4.79. The maximum absolute atomic E-state index is 5.18. The van der Waals surface area contributed by atoms with Crippen molar-refractivity contribution >= 4 is 0 Å². The first-order valence-corrected chi connectivity index (χ1v) is 3.25. The third-order valence-electron chi connectivity index (χ3n) is 1.60. The zero-order valence-electron chi connectivity index (χ0n) is 5.82. The van der Waals surface area contributed by atoms with Crippen LogP contribution in [0.25, 0.3) is 0 Å². The van der Waals surface area contributed by atoms with E-state index in [2.05, 4.69) is 17.0 Å². The molecule has 2 heterocycles. The summed E-state index contributed by atoms with van der Waals surface area (Å²) in [5.74, 6) is 0. The van der Waals surface area contributed by atoms with E-state index >= 15 is 0 Å². The quantitative estimate of drug-likeness (QED) is 0.544. The summed E-state index contributed by atoms with van der Waals surface area (Å²) in [6.45, 7) is 3.72. The lowest BCUT2D eigenvalue weighted by atomic mass is 10.2. The van der Waals surface area contributed by atoms with Crippen LogP contribution in [0.5, 0.6) is 0 Å². The van der Waals surface area contributed by atoms with Gasteiger partial charge in [-0.25, -0.2) is 9.67 Å². The highest BCUT2D eigenvalue weighted by atomic mass is 16.6. The van der Waals surface area contributed by atoms with Gasteiger partial charge in [-0.2, -0.15) is 5.10 Å². The van der Waals surface area contributed by atoms with E-state index in [0.29, 0.717) is 0 Å². The van der Waals surface area contributed by atoms with Crippen LogP contribution in [0.3, 0.4) is 0 Å². The maximum Gasteiger partial charge on any atom is 0.137 e. The van der Waals surface area contributed by atoms with E-state index in [1.807, 2.05) is 0 Å². The molecule has 0 radical (unpaired) electrons. The summed E-state index contributed by atoms with van der Waals surface area (Å²) in [7, 11) is 0. The van der Waals surface area contributed by atoms with E-state index < -0.39 is 0 Å². The van der Waals surface area contributed by atoms with Crippen molar-refractivity contribution in [3.05, 3.63) is 12.7 Å². The average Bonchev–Trinajstić information content (AvgIpc) is 2.47. The van der Waals surface area contributed by atoms with Gasteiger partial charge in [0, 0.05) is 0 Å². The van der Waals surface area contributed by atoms with Gasteiger partial charge in [0.25, 0.3) is 0 Å². The van der Waals surface area contributed by atoms with Gasteiger partial charge >= 0.3 is 0 Å². The average molecular weight is 139 g/mol. The van der Waals surface area contributed by atoms with Crippen LogP contribution in [0.15, 0.2) is 12.7 Å². The van der Waals surface area contributed by atoms with Gasteiger partial charge in [-0.15, -0.1) is 0 Å². The molecule has 1 aliphatic heterocycles.